The second kappa shape index (κ2) is 33.0. The number of allylic oxidation sites excluding steroid dienone is 1. The van der Waals surface area contributed by atoms with Crippen molar-refractivity contribution in [3.63, 3.8) is 0 Å². The van der Waals surface area contributed by atoms with Crippen LogP contribution in [0.5, 0.6) is 0 Å². The van der Waals surface area contributed by atoms with Crippen LogP contribution in [0.1, 0.15) is 206 Å². The van der Waals surface area contributed by atoms with Crippen LogP contribution in [0.3, 0.4) is 0 Å². The van der Waals surface area contributed by atoms with Gasteiger partial charge in [0.1, 0.15) is 0 Å². The Morgan fingerprint density at radius 2 is 0.911 bits per heavy atom. The van der Waals surface area contributed by atoms with Gasteiger partial charge >= 0.3 is 0 Å². The quantitative estimate of drug-likeness (QED) is 0.0357. The first-order chi connectivity index (χ1) is 21.8. The number of amides is 1. The van der Waals surface area contributed by atoms with Crippen molar-refractivity contribution in [1.82, 2.24) is 5.32 Å². The van der Waals surface area contributed by atoms with E-state index < -0.39 is 28.0 Å². The molecule has 0 bridgehead atoms. The fourth-order valence-electron chi connectivity index (χ4n) is 6.04. The number of aliphatic hydroxyl groups excluding tert-OH is 1. The molecule has 0 spiro atoms. The van der Waals surface area contributed by atoms with Gasteiger partial charge in [-0.1, -0.05) is 193 Å². The highest BCUT2D eigenvalue weighted by atomic mass is 32.2. The minimum atomic E-state index is -4.33. The number of rotatable bonds is 35. The fourth-order valence-corrected chi connectivity index (χ4v) is 6.77. The number of nitrogens with one attached hydrogen (secondary N) is 1. The van der Waals surface area contributed by atoms with Crippen molar-refractivity contribution in [2.75, 3.05) is 5.75 Å². The zero-order valence-corrected chi connectivity index (χ0v) is 30.6. The zero-order valence-electron chi connectivity index (χ0n) is 29.8. The molecule has 0 aliphatic rings. The number of aliphatic hydroxyl groups is 1. The molecule has 45 heavy (non-hydrogen) atoms. The molecule has 3 N–H and O–H groups in total. The van der Waals surface area contributed by atoms with E-state index in [1.165, 1.54) is 148 Å². The van der Waals surface area contributed by atoms with Gasteiger partial charge in [-0.2, -0.15) is 8.42 Å². The molecule has 0 aromatic rings. The van der Waals surface area contributed by atoms with Crippen LogP contribution in [-0.2, 0) is 14.9 Å². The van der Waals surface area contributed by atoms with Crippen LogP contribution in [0.25, 0.3) is 0 Å². The predicted molar refractivity (Wildman–Crippen MR) is 193 cm³/mol. The second-order valence-corrected chi connectivity index (χ2v) is 15.1. The van der Waals surface area contributed by atoms with Crippen LogP contribution in [0, 0.1) is 0 Å². The van der Waals surface area contributed by atoms with Gasteiger partial charge in [0.05, 0.1) is 17.9 Å². The maximum Gasteiger partial charge on any atom is 0.267 e. The minimum absolute atomic E-state index is 0.276. The van der Waals surface area contributed by atoms with Gasteiger partial charge in [-0.15, -0.1) is 0 Å². The van der Waals surface area contributed by atoms with E-state index in [9.17, 15) is 22.9 Å². The average molecular weight is 658 g/mol. The van der Waals surface area contributed by atoms with Gasteiger partial charge in [0.15, 0.2) is 0 Å². The third-order valence-electron chi connectivity index (χ3n) is 8.96. The van der Waals surface area contributed by atoms with Crippen molar-refractivity contribution in [2.24, 2.45) is 0 Å². The third kappa shape index (κ3) is 34.2. The molecule has 7 heteroatoms. The average Bonchev–Trinajstić information content (AvgIpc) is 3.00. The highest BCUT2D eigenvalue weighted by molar-refractivity contribution is 7.85. The Bertz CT molecular complexity index is 770. The summed E-state index contributed by atoms with van der Waals surface area (Å²) >= 11 is 0. The number of hydrogen-bond donors (Lipinski definition) is 3. The minimum Gasteiger partial charge on any atom is -0.387 e. The summed E-state index contributed by atoms with van der Waals surface area (Å²) in [6.45, 7) is 4.52. The summed E-state index contributed by atoms with van der Waals surface area (Å²) in [6.07, 6.45) is 39.0. The molecule has 0 radical (unpaired) electrons. The van der Waals surface area contributed by atoms with Crippen molar-refractivity contribution in [2.45, 2.75) is 219 Å². The zero-order chi connectivity index (χ0) is 33.3. The SMILES string of the molecule is CCCCCCCCCCCCCC/C=C/C(O)C(CS(=O)(=O)O)NC(=O)CCCCCCCCCCCCCCCCCC. The molecule has 0 heterocycles. The van der Waals surface area contributed by atoms with E-state index in [-0.39, 0.29) is 5.91 Å². The lowest BCUT2D eigenvalue weighted by Crippen LogP contribution is -2.46. The topological polar surface area (TPSA) is 104 Å². The Labute approximate surface area is 280 Å². The summed E-state index contributed by atoms with van der Waals surface area (Å²) in [4.78, 5) is 12.5. The molecule has 0 aliphatic heterocycles. The Hall–Kier alpha value is -0.920. The first kappa shape index (κ1) is 44.1. The summed E-state index contributed by atoms with van der Waals surface area (Å²) < 4.78 is 32.4. The van der Waals surface area contributed by atoms with Gasteiger partial charge in [0, 0.05) is 6.42 Å². The van der Waals surface area contributed by atoms with Crippen molar-refractivity contribution in [3.8, 4) is 0 Å². The lowest BCUT2D eigenvalue weighted by molar-refractivity contribution is -0.122. The van der Waals surface area contributed by atoms with Crippen molar-refractivity contribution < 1.29 is 22.9 Å². The monoisotopic (exact) mass is 658 g/mol. The molecule has 0 aromatic heterocycles. The van der Waals surface area contributed by atoms with Crippen molar-refractivity contribution in [1.29, 1.82) is 0 Å². The first-order valence-electron chi connectivity index (χ1n) is 19.4. The van der Waals surface area contributed by atoms with Crippen LogP contribution in [0.2, 0.25) is 0 Å². The fraction of sp³-hybridized carbons (Fsp3) is 0.921. The molecular weight excluding hydrogens is 582 g/mol. The molecule has 1 amide bonds. The first-order valence-corrected chi connectivity index (χ1v) is 21.0. The summed E-state index contributed by atoms with van der Waals surface area (Å²) in [5, 5.41) is 13.2. The maximum atomic E-state index is 12.5. The summed E-state index contributed by atoms with van der Waals surface area (Å²) in [6, 6.07) is -1.05. The summed E-state index contributed by atoms with van der Waals surface area (Å²) in [7, 11) is -4.33. The van der Waals surface area contributed by atoms with E-state index in [1.807, 2.05) is 6.08 Å². The second-order valence-electron chi connectivity index (χ2n) is 13.6. The van der Waals surface area contributed by atoms with Crippen LogP contribution < -0.4 is 5.32 Å². The van der Waals surface area contributed by atoms with E-state index in [4.69, 9.17) is 0 Å². The van der Waals surface area contributed by atoms with Gasteiger partial charge < -0.3 is 10.4 Å². The molecule has 268 valence electrons. The van der Waals surface area contributed by atoms with E-state index in [2.05, 4.69) is 19.2 Å². The van der Waals surface area contributed by atoms with Crippen LogP contribution in [0.4, 0.5) is 0 Å². The molecule has 2 unspecified atom stereocenters. The molecule has 0 saturated carbocycles. The van der Waals surface area contributed by atoms with Crippen LogP contribution >= 0.6 is 0 Å². The van der Waals surface area contributed by atoms with Gasteiger partial charge in [-0.05, 0) is 19.3 Å². The molecular formula is C38H75NO5S. The standard InChI is InChI=1S/C38H75NO5S/c1-3-5-7-9-11-13-15-17-19-20-22-24-26-28-30-32-34-38(41)39-36(35-45(42,43)44)37(40)33-31-29-27-25-23-21-18-16-14-12-10-8-6-4-2/h31,33,36-37,40H,3-30,32,34-35H2,1-2H3,(H,39,41)(H,42,43,44)/b33-31+. The maximum absolute atomic E-state index is 12.5. The lowest BCUT2D eigenvalue weighted by atomic mass is 10.0. The van der Waals surface area contributed by atoms with Gasteiger partial charge in [0.2, 0.25) is 5.91 Å². The molecule has 0 aromatic carbocycles. The Morgan fingerprint density at radius 1 is 0.578 bits per heavy atom. The molecule has 0 fully saturated rings. The van der Waals surface area contributed by atoms with Crippen molar-refractivity contribution >= 4 is 16.0 Å². The predicted octanol–water partition coefficient (Wildman–Crippen LogP) is 11.0. The Balaban J connectivity index is 3.92. The Kier molecular flexibility index (Phi) is 32.3. The molecule has 2 atom stereocenters. The van der Waals surface area contributed by atoms with Gasteiger partial charge in [0.25, 0.3) is 10.1 Å². The van der Waals surface area contributed by atoms with Gasteiger partial charge in [-0.25, -0.2) is 0 Å². The van der Waals surface area contributed by atoms with Crippen LogP contribution in [0.15, 0.2) is 12.2 Å². The number of carbonyl (C=O) groups excluding carboxylic acids is 1. The largest absolute Gasteiger partial charge is 0.387 e. The highest BCUT2D eigenvalue weighted by Crippen LogP contribution is 2.15. The van der Waals surface area contributed by atoms with Gasteiger partial charge in [-0.3, -0.25) is 9.35 Å². The summed E-state index contributed by atoms with van der Waals surface area (Å²) in [5.74, 6) is -0.968. The molecule has 6 nitrogen and oxygen atoms in total. The number of unbranched alkanes of at least 4 members (excludes halogenated alkanes) is 27. The third-order valence-corrected chi connectivity index (χ3v) is 9.74. The lowest BCUT2D eigenvalue weighted by Gasteiger charge is -2.21. The normalized spacial score (nSPS) is 13.4. The Morgan fingerprint density at radius 3 is 1.27 bits per heavy atom. The molecule has 0 saturated heterocycles. The number of hydrogen-bond acceptors (Lipinski definition) is 4. The van der Waals surface area contributed by atoms with E-state index >= 15 is 0 Å². The molecule has 0 aliphatic carbocycles. The van der Waals surface area contributed by atoms with E-state index in [0.29, 0.717) is 6.42 Å². The van der Waals surface area contributed by atoms with E-state index in [1.54, 1.807) is 6.08 Å². The molecule has 0 rings (SSSR count). The van der Waals surface area contributed by atoms with Crippen molar-refractivity contribution in [3.05, 3.63) is 12.2 Å². The summed E-state index contributed by atoms with van der Waals surface area (Å²) in [5.41, 5.74) is 0. The highest BCUT2D eigenvalue weighted by Gasteiger charge is 2.24. The van der Waals surface area contributed by atoms with Crippen LogP contribution in [-0.4, -0.2) is 41.9 Å². The number of carbonyl (C=O) groups is 1. The van der Waals surface area contributed by atoms with E-state index in [0.717, 1.165) is 38.5 Å². The smallest absolute Gasteiger partial charge is 0.267 e.